The smallest absolute Gasteiger partial charge is 0.272 e. The molecule has 3 rings (SSSR count). The Kier molecular flexibility index (Phi) is 4.16. The highest BCUT2D eigenvalue weighted by atomic mass is 32.1. The molecule has 0 unspecified atom stereocenters. The first-order chi connectivity index (χ1) is 10.6. The van der Waals surface area contributed by atoms with E-state index in [1.54, 1.807) is 11.3 Å². The van der Waals surface area contributed by atoms with Crippen LogP contribution in [0.15, 0.2) is 21.0 Å². The third-order valence-corrected chi connectivity index (χ3v) is 5.15. The van der Waals surface area contributed by atoms with Crippen LogP contribution in [-0.4, -0.2) is 11.6 Å². The van der Waals surface area contributed by atoms with Crippen LogP contribution >= 0.6 is 11.3 Å². The van der Waals surface area contributed by atoms with Crippen LogP contribution in [0.25, 0.3) is 0 Å². The van der Waals surface area contributed by atoms with Crippen LogP contribution in [0.2, 0.25) is 0 Å². The molecule has 4 nitrogen and oxygen atoms in total. The van der Waals surface area contributed by atoms with E-state index in [-0.39, 0.29) is 5.91 Å². The molecule has 0 spiro atoms. The Hall–Kier alpha value is -1.88. The molecule has 2 aromatic heterocycles. The van der Waals surface area contributed by atoms with Gasteiger partial charge in [0.25, 0.3) is 5.91 Å². The molecule has 1 aliphatic rings. The first-order valence-electron chi connectivity index (χ1n) is 7.57. The predicted octanol–water partition coefficient (Wildman–Crippen LogP) is 3.99. The molecule has 0 aliphatic heterocycles. The minimum atomic E-state index is -0.114. The molecule has 0 saturated heterocycles. The van der Waals surface area contributed by atoms with Crippen molar-refractivity contribution in [2.24, 2.45) is 5.10 Å². The fourth-order valence-electron chi connectivity index (χ4n) is 2.93. The van der Waals surface area contributed by atoms with Crippen molar-refractivity contribution in [3.05, 3.63) is 44.5 Å². The number of carbonyl (C=O) groups is 1. The summed E-state index contributed by atoms with van der Waals surface area (Å²) in [6.45, 7) is 5.68. The molecule has 1 N–H and O–H groups in total. The van der Waals surface area contributed by atoms with Gasteiger partial charge in [-0.3, -0.25) is 4.79 Å². The highest BCUT2D eigenvalue weighted by molar-refractivity contribution is 7.10. The van der Waals surface area contributed by atoms with Gasteiger partial charge in [-0.05, 0) is 58.1 Å². The first kappa shape index (κ1) is 15.0. The maximum Gasteiger partial charge on any atom is 0.272 e. The van der Waals surface area contributed by atoms with Gasteiger partial charge >= 0.3 is 0 Å². The van der Waals surface area contributed by atoms with Crippen molar-refractivity contribution < 1.29 is 9.21 Å². The number of carbonyl (C=O) groups excluding carboxylic acids is 1. The molecular formula is C17H20N2O2S. The number of furan rings is 1. The zero-order valence-electron chi connectivity index (χ0n) is 13.2. The van der Waals surface area contributed by atoms with Crippen molar-refractivity contribution >= 4 is 23.0 Å². The molecule has 0 bridgehead atoms. The van der Waals surface area contributed by atoms with E-state index in [2.05, 4.69) is 10.5 Å². The maximum absolute atomic E-state index is 12.4. The lowest BCUT2D eigenvalue weighted by atomic mass is 9.96. The second-order valence-electron chi connectivity index (χ2n) is 5.72. The highest BCUT2D eigenvalue weighted by Gasteiger charge is 2.20. The van der Waals surface area contributed by atoms with Crippen molar-refractivity contribution in [2.45, 2.75) is 46.5 Å². The molecule has 0 atom stereocenters. The third kappa shape index (κ3) is 2.86. The molecule has 2 heterocycles. The van der Waals surface area contributed by atoms with Crippen molar-refractivity contribution in [3.8, 4) is 0 Å². The number of amides is 1. The lowest BCUT2D eigenvalue weighted by Gasteiger charge is -2.12. The average molecular weight is 316 g/mol. The number of rotatable bonds is 3. The van der Waals surface area contributed by atoms with Crippen molar-refractivity contribution in [1.82, 2.24) is 5.43 Å². The van der Waals surface area contributed by atoms with Crippen LogP contribution in [-0.2, 0) is 12.8 Å². The molecule has 5 heteroatoms. The number of thiophene rings is 1. The van der Waals surface area contributed by atoms with Crippen molar-refractivity contribution in [3.63, 3.8) is 0 Å². The van der Waals surface area contributed by atoms with Gasteiger partial charge in [0.1, 0.15) is 11.5 Å². The van der Waals surface area contributed by atoms with Crippen LogP contribution in [0, 0.1) is 13.8 Å². The predicted molar refractivity (Wildman–Crippen MR) is 88.8 cm³/mol. The summed E-state index contributed by atoms with van der Waals surface area (Å²) in [5.41, 5.74) is 6.38. The minimum absolute atomic E-state index is 0.114. The summed E-state index contributed by atoms with van der Waals surface area (Å²) < 4.78 is 5.50. The minimum Gasteiger partial charge on any atom is -0.466 e. The van der Waals surface area contributed by atoms with E-state index in [1.807, 2.05) is 32.2 Å². The van der Waals surface area contributed by atoms with E-state index in [0.29, 0.717) is 0 Å². The standard InChI is InChI=1S/C17H20N2O2S/c1-10-8-14(12(3)21-10)11(2)18-19-17(20)15-9-22-16-7-5-4-6-13(15)16/h8-9H,4-7H2,1-3H3,(H,19,20). The first-order valence-corrected chi connectivity index (χ1v) is 8.45. The van der Waals surface area contributed by atoms with Gasteiger partial charge in [0.15, 0.2) is 0 Å². The number of hydrogen-bond acceptors (Lipinski definition) is 4. The quantitative estimate of drug-likeness (QED) is 0.687. The van der Waals surface area contributed by atoms with Crippen molar-refractivity contribution in [2.75, 3.05) is 0 Å². The van der Waals surface area contributed by atoms with Gasteiger partial charge in [-0.2, -0.15) is 5.10 Å². The summed E-state index contributed by atoms with van der Waals surface area (Å²) >= 11 is 1.69. The summed E-state index contributed by atoms with van der Waals surface area (Å²) in [4.78, 5) is 13.7. The average Bonchev–Trinajstić information content (AvgIpc) is 3.07. The highest BCUT2D eigenvalue weighted by Crippen LogP contribution is 2.30. The molecule has 0 aromatic carbocycles. The van der Waals surface area contributed by atoms with Crippen LogP contribution in [0.3, 0.4) is 0 Å². The number of aryl methyl sites for hydroxylation is 3. The molecule has 116 valence electrons. The Morgan fingerprint density at radius 1 is 1.27 bits per heavy atom. The lowest BCUT2D eigenvalue weighted by Crippen LogP contribution is -2.20. The van der Waals surface area contributed by atoms with Crippen LogP contribution in [0.4, 0.5) is 0 Å². The van der Waals surface area contributed by atoms with E-state index in [4.69, 9.17) is 4.42 Å². The number of hydrazone groups is 1. The van der Waals surface area contributed by atoms with Gasteiger partial charge in [-0.1, -0.05) is 0 Å². The normalized spacial score (nSPS) is 14.8. The van der Waals surface area contributed by atoms with E-state index >= 15 is 0 Å². The Balaban J connectivity index is 1.76. The van der Waals surface area contributed by atoms with Crippen LogP contribution in [0.1, 0.15) is 57.6 Å². The van der Waals surface area contributed by atoms with E-state index in [9.17, 15) is 4.79 Å². The zero-order chi connectivity index (χ0) is 15.7. The summed E-state index contributed by atoms with van der Waals surface area (Å²) in [6.07, 6.45) is 4.50. The molecule has 1 aliphatic carbocycles. The van der Waals surface area contributed by atoms with E-state index < -0.39 is 0 Å². The van der Waals surface area contributed by atoms with Crippen LogP contribution < -0.4 is 5.43 Å². The summed E-state index contributed by atoms with van der Waals surface area (Å²) in [5, 5.41) is 6.20. The SMILES string of the molecule is CC(=NNC(=O)c1csc2c1CCCC2)c1cc(C)oc1C. The molecule has 1 amide bonds. The second-order valence-corrected chi connectivity index (χ2v) is 6.69. The van der Waals surface area contributed by atoms with Gasteiger partial charge in [-0.25, -0.2) is 5.43 Å². The molecular weight excluding hydrogens is 296 g/mol. The Morgan fingerprint density at radius 2 is 2.05 bits per heavy atom. The fraction of sp³-hybridized carbons (Fsp3) is 0.412. The summed E-state index contributed by atoms with van der Waals surface area (Å²) in [7, 11) is 0. The zero-order valence-corrected chi connectivity index (χ0v) is 14.0. The van der Waals surface area contributed by atoms with Gasteiger partial charge in [0.2, 0.25) is 0 Å². The van der Waals surface area contributed by atoms with Gasteiger partial charge in [-0.15, -0.1) is 11.3 Å². The number of fused-ring (bicyclic) bond motifs is 1. The lowest BCUT2D eigenvalue weighted by molar-refractivity contribution is 0.0954. The molecule has 0 saturated carbocycles. The molecule has 0 radical (unpaired) electrons. The van der Waals surface area contributed by atoms with Crippen molar-refractivity contribution in [1.29, 1.82) is 0 Å². The monoisotopic (exact) mass is 316 g/mol. The number of hydrogen-bond donors (Lipinski definition) is 1. The maximum atomic E-state index is 12.4. The third-order valence-electron chi connectivity index (χ3n) is 4.06. The molecule has 2 aromatic rings. The van der Waals surface area contributed by atoms with E-state index in [1.165, 1.54) is 23.3 Å². The summed E-state index contributed by atoms with van der Waals surface area (Å²) in [6, 6.07) is 1.94. The Labute approximate surface area is 134 Å². The second kappa shape index (κ2) is 6.08. The number of nitrogens with one attached hydrogen (secondary N) is 1. The molecule has 22 heavy (non-hydrogen) atoms. The fourth-order valence-corrected chi connectivity index (χ4v) is 4.06. The van der Waals surface area contributed by atoms with Crippen LogP contribution in [0.5, 0.6) is 0 Å². The Bertz CT molecular complexity index is 740. The van der Waals surface area contributed by atoms with Gasteiger partial charge in [0.05, 0.1) is 11.3 Å². The largest absolute Gasteiger partial charge is 0.466 e. The van der Waals surface area contributed by atoms with Gasteiger partial charge < -0.3 is 4.42 Å². The van der Waals surface area contributed by atoms with E-state index in [0.717, 1.165) is 41.2 Å². The molecule has 0 fully saturated rings. The number of nitrogens with zero attached hydrogens (tertiary/aromatic N) is 1. The Morgan fingerprint density at radius 3 is 2.77 bits per heavy atom. The summed E-state index contributed by atoms with van der Waals surface area (Å²) in [5.74, 6) is 1.55. The van der Waals surface area contributed by atoms with Gasteiger partial charge in [0, 0.05) is 15.8 Å². The topological polar surface area (TPSA) is 54.6 Å².